The topological polar surface area (TPSA) is 26.0 Å². The molecule has 0 aromatic heterocycles. The summed E-state index contributed by atoms with van der Waals surface area (Å²) in [6.07, 6.45) is 11.1. The molecule has 1 spiro atoms. The average Bonchev–Trinajstić information content (AvgIpc) is 2.66. The van der Waals surface area contributed by atoms with Gasteiger partial charge in [0.15, 0.2) is 0 Å². The highest BCUT2D eigenvalue weighted by Crippen LogP contribution is 2.62. The Morgan fingerprint density at radius 2 is 1.70 bits per heavy atom. The number of hydrogen-bond acceptors (Lipinski definition) is 2. The first-order valence-corrected chi connectivity index (χ1v) is 9.00. The minimum absolute atomic E-state index is 0.231. The Balaban J connectivity index is 1.70. The molecule has 3 rings (SSSR count). The van der Waals surface area contributed by atoms with Gasteiger partial charge in [-0.05, 0) is 43.2 Å². The number of benzene rings is 1. The molecule has 0 bridgehead atoms. The van der Waals surface area contributed by atoms with E-state index in [1.54, 1.807) is 0 Å². The van der Waals surface area contributed by atoms with Crippen LogP contribution in [-0.2, 0) is 0 Å². The third kappa shape index (κ3) is 2.88. The molecular formula is C17H24ClNS. The molecule has 0 radical (unpaired) electrons. The van der Waals surface area contributed by atoms with E-state index in [-0.39, 0.29) is 4.75 Å². The fraction of sp³-hybridized carbons (Fsp3) is 0.647. The molecule has 3 heteroatoms. The molecular weight excluding hydrogens is 286 g/mol. The van der Waals surface area contributed by atoms with E-state index in [1.165, 1.54) is 56.3 Å². The van der Waals surface area contributed by atoms with Crippen molar-refractivity contribution in [2.75, 3.05) is 6.54 Å². The Hall–Kier alpha value is -0.180. The van der Waals surface area contributed by atoms with Crippen molar-refractivity contribution in [3.05, 3.63) is 29.3 Å². The average molecular weight is 310 g/mol. The number of hydrogen-bond donors (Lipinski definition) is 1. The molecule has 0 aliphatic heterocycles. The zero-order valence-electron chi connectivity index (χ0n) is 12.0. The Kier molecular flexibility index (Phi) is 4.35. The van der Waals surface area contributed by atoms with Crippen LogP contribution < -0.4 is 5.73 Å². The molecule has 2 saturated carbocycles. The second-order valence-electron chi connectivity index (χ2n) is 6.69. The molecule has 110 valence electrons. The maximum absolute atomic E-state index is 6.31. The van der Waals surface area contributed by atoms with Gasteiger partial charge in [0.25, 0.3) is 0 Å². The molecule has 0 heterocycles. The van der Waals surface area contributed by atoms with Crippen LogP contribution >= 0.6 is 23.4 Å². The summed E-state index contributed by atoms with van der Waals surface area (Å²) in [5.41, 5.74) is 6.73. The van der Waals surface area contributed by atoms with Gasteiger partial charge in [0, 0.05) is 16.2 Å². The van der Waals surface area contributed by atoms with E-state index in [0.29, 0.717) is 5.41 Å². The molecule has 0 amide bonds. The van der Waals surface area contributed by atoms with Gasteiger partial charge < -0.3 is 5.73 Å². The molecule has 2 fully saturated rings. The van der Waals surface area contributed by atoms with Gasteiger partial charge >= 0.3 is 0 Å². The Bertz CT molecular complexity index is 458. The summed E-state index contributed by atoms with van der Waals surface area (Å²) in [5.74, 6) is 0. The molecule has 2 aliphatic carbocycles. The Labute approximate surface area is 131 Å². The normalized spacial score (nSPS) is 24.1. The highest BCUT2D eigenvalue weighted by molar-refractivity contribution is 8.00. The molecule has 2 N–H and O–H groups in total. The van der Waals surface area contributed by atoms with Crippen molar-refractivity contribution >= 4 is 23.4 Å². The molecule has 0 atom stereocenters. The lowest BCUT2D eigenvalue weighted by atomic mass is 9.58. The smallest absolute Gasteiger partial charge is 0.0542 e. The number of rotatable bonds is 3. The van der Waals surface area contributed by atoms with Crippen molar-refractivity contribution in [1.82, 2.24) is 0 Å². The summed E-state index contributed by atoms with van der Waals surface area (Å²) in [4.78, 5) is 1.20. The summed E-state index contributed by atoms with van der Waals surface area (Å²) in [7, 11) is 0. The molecule has 1 nitrogen and oxygen atoms in total. The van der Waals surface area contributed by atoms with Gasteiger partial charge in [-0.3, -0.25) is 0 Å². The summed E-state index contributed by atoms with van der Waals surface area (Å²) in [6.45, 7) is 0.768. The van der Waals surface area contributed by atoms with Crippen LogP contribution in [0.1, 0.15) is 51.4 Å². The maximum Gasteiger partial charge on any atom is 0.0542 e. The van der Waals surface area contributed by atoms with E-state index in [0.717, 1.165) is 11.6 Å². The van der Waals surface area contributed by atoms with Crippen LogP contribution in [0, 0.1) is 5.41 Å². The second kappa shape index (κ2) is 5.90. The lowest BCUT2D eigenvalue weighted by Gasteiger charge is -2.56. The summed E-state index contributed by atoms with van der Waals surface area (Å²) in [6, 6.07) is 8.17. The van der Waals surface area contributed by atoms with E-state index in [9.17, 15) is 0 Å². The van der Waals surface area contributed by atoms with Crippen molar-refractivity contribution in [2.45, 2.75) is 61.0 Å². The molecule has 0 unspecified atom stereocenters. The first kappa shape index (κ1) is 14.7. The minimum Gasteiger partial charge on any atom is -0.329 e. The van der Waals surface area contributed by atoms with Crippen LogP contribution in [0.3, 0.4) is 0 Å². The van der Waals surface area contributed by atoms with E-state index >= 15 is 0 Å². The van der Waals surface area contributed by atoms with Crippen molar-refractivity contribution in [3.8, 4) is 0 Å². The highest BCUT2D eigenvalue weighted by atomic mass is 35.5. The second-order valence-corrected chi connectivity index (χ2v) is 8.60. The lowest BCUT2D eigenvalue weighted by molar-refractivity contribution is 0.0659. The minimum atomic E-state index is 0.231. The van der Waals surface area contributed by atoms with Gasteiger partial charge in [-0.15, -0.1) is 11.8 Å². The van der Waals surface area contributed by atoms with Crippen molar-refractivity contribution in [1.29, 1.82) is 0 Å². The first-order chi connectivity index (χ1) is 9.67. The van der Waals surface area contributed by atoms with E-state index < -0.39 is 0 Å². The number of thioether (sulfide) groups is 1. The van der Waals surface area contributed by atoms with Gasteiger partial charge in [-0.1, -0.05) is 49.4 Å². The van der Waals surface area contributed by atoms with Crippen LogP contribution in [0.15, 0.2) is 29.2 Å². The van der Waals surface area contributed by atoms with Crippen LogP contribution in [0.25, 0.3) is 0 Å². The lowest BCUT2D eigenvalue weighted by Crippen LogP contribution is -2.53. The van der Waals surface area contributed by atoms with Crippen LogP contribution in [-0.4, -0.2) is 11.3 Å². The zero-order valence-corrected chi connectivity index (χ0v) is 13.6. The number of halogens is 1. The van der Waals surface area contributed by atoms with Crippen LogP contribution in [0.4, 0.5) is 0 Å². The number of nitrogens with two attached hydrogens (primary N) is 1. The SMILES string of the molecule is NCC1(Sc2ccccc2Cl)CC2(CCCCCC2)C1. The van der Waals surface area contributed by atoms with Crippen molar-refractivity contribution in [3.63, 3.8) is 0 Å². The Morgan fingerprint density at radius 3 is 2.30 bits per heavy atom. The summed E-state index contributed by atoms with van der Waals surface area (Å²) >= 11 is 8.23. The van der Waals surface area contributed by atoms with Gasteiger partial charge in [-0.2, -0.15) is 0 Å². The van der Waals surface area contributed by atoms with Gasteiger partial charge in [-0.25, -0.2) is 0 Å². The fourth-order valence-electron chi connectivity index (χ4n) is 4.17. The quantitative estimate of drug-likeness (QED) is 0.823. The van der Waals surface area contributed by atoms with Crippen molar-refractivity contribution < 1.29 is 0 Å². The predicted molar refractivity (Wildman–Crippen MR) is 88.5 cm³/mol. The van der Waals surface area contributed by atoms with Gasteiger partial charge in [0.2, 0.25) is 0 Å². The summed E-state index contributed by atoms with van der Waals surface area (Å²) < 4.78 is 0.231. The van der Waals surface area contributed by atoms with Crippen LogP contribution in [0.2, 0.25) is 5.02 Å². The molecule has 0 saturated heterocycles. The largest absolute Gasteiger partial charge is 0.329 e. The Morgan fingerprint density at radius 1 is 1.05 bits per heavy atom. The van der Waals surface area contributed by atoms with Gasteiger partial charge in [0.05, 0.1) is 5.02 Å². The fourth-order valence-corrected chi connectivity index (χ4v) is 6.04. The third-order valence-electron chi connectivity index (χ3n) is 5.09. The molecule has 20 heavy (non-hydrogen) atoms. The van der Waals surface area contributed by atoms with E-state index in [4.69, 9.17) is 17.3 Å². The van der Waals surface area contributed by atoms with E-state index in [2.05, 4.69) is 12.1 Å². The monoisotopic (exact) mass is 309 g/mol. The first-order valence-electron chi connectivity index (χ1n) is 7.81. The summed E-state index contributed by atoms with van der Waals surface area (Å²) in [5, 5.41) is 0.868. The van der Waals surface area contributed by atoms with Crippen molar-refractivity contribution in [2.24, 2.45) is 11.1 Å². The highest BCUT2D eigenvalue weighted by Gasteiger charge is 2.53. The van der Waals surface area contributed by atoms with Crippen LogP contribution in [0.5, 0.6) is 0 Å². The van der Waals surface area contributed by atoms with Gasteiger partial charge in [0.1, 0.15) is 0 Å². The standard InChI is InChI=1S/C17H24ClNS/c18-14-7-3-4-8-15(14)20-17(13-19)11-16(12-17)9-5-1-2-6-10-16/h3-4,7-8H,1-2,5-6,9-13,19H2. The maximum atomic E-state index is 6.31. The van der Waals surface area contributed by atoms with E-state index in [1.807, 2.05) is 23.9 Å². The zero-order chi connectivity index (χ0) is 14.1. The molecule has 1 aromatic rings. The third-order valence-corrected chi connectivity index (χ3v) is 7.00. The molecule has 2 aliphatic rings. The predicted octanol–water partition coefficient (Wildman–Crippen LogP) is 5.26. The molecule has 1 aromatic carbocycles.